The first kappa shape index (κ1) is 17.7. The van der Waals surface area contributed by atoms with E-state index in [1.165, 1.54) is 0 Å². The van der Waals surface area contributed by atoms with E-state index in [1.54, 1.807) is 23.5 Å². The van der Waals surface area contributed by atoms with Gasteiger partial charge in [0.25, 0.3) is 0 Å². The highest BCUT2D eigenvalue weighted by Crippen LogP contribution is 2.32. The van der Waals surface area contributed by atoms with Crippen LogP contribution in [0.4, 0.5) is 0 Å². The monoisotopic (exact) mass is 384 g/mol. The van der Waals surface area contributed by atoms with Gasteiger partial charge in [-0.15, -0.1) is 11.3 Å². The van der Waals surface area contributed by atoms with Gasteiger partial charge < -0.3 is 5.11 Å². The number of carboxylic acids is 1. The van der Waals surface area contributed by atoms with E-state index in [2.05, 4.69) is 16.8 Å². The lowest BCUT2D eigenvalue weighted by atomic mass is 9.93. The highest BCUT2D eigenvalue weighted by Gasteiger charge is 2.30. The number of halogens is 2. The topological polar surface area (TPSA) is 53.4 Å². The number of benzene rings is 1. The molecule has 2 atom stereocenters. The summed E-state index contributed by atoms with van der Waals surface area (Å²) < 4.78 is 0. The molecule has 1 fully saturated rings. The molecule has 3 rings (SSSR count). The van der Waals surface area contributed by atoms with Crippen molar-refractivity contribution in [1.82, 2.24) is 9.88 Å². The highest BCUT2D eigenvalue weighted by molar-refractivity contribution is 7.09. The second-order valence-corrected chi connectivity index (χ2v) is 7.93. The van der Waals surface area contributed by atoms with Gasteiger partial charge in [0.15, 0.2) is 0 Å². The fourth-order valence-electron chi connectivity index (χ4n) is 2.98. The van der Waals surface area contributed by atoms with Gasteiger partial charge in [-0.25, -0.2) is 4.98 Å². The number of aliphatic carboxylic acids is 1. The summed E-state index contributed by atoms with van der Waals surface area (Å²) in [7, 11) is 0. The molecule has 2 unspecified atom stereocenters. The molecule has 24 heavy (non-hydrogen) atoms. The summed E-state index contributed by atoms with van der Waals surface area (Å²) in [5.41, 5.74) is 1.63. The van der Waals surface area contributed by atoms with Gasteiger partial charge in [0, 0.05) is 28.6 Å². The number of thiazole rings is 1. The molecule has 7 heteroatoms. The average Bonchev–Trinajstić information content (AvgIpc) is 3.00. The van der Waals surface area contributed by atoms with Crippen LogP contribution in [0.25, 0.3) is 11.3 Å². The normalized spacial score (nSPS) is 21.8. The lowest BCUT2D eigenvalue weighted by molar-refractivity contribution is -0.144. The molecule has 0 radical (unpaired) electrons. The summed E-state index contributed by atoms with van der Waals surface area (Å²) in [4.78, 5) is 18.1. The molecule has 1 N–H and O–H groups in total. The number of nitrogens with zero attached hydrogens (tertiary/aromatic N) is 2. The maximum Gasteiger partial charge on any atom is 0.307 e. The van der Waals surface area contributed by atoms with E-state index in [9.17, 15) is 9.90 Å². The third kappa shape index (κ3) is 3.91. The largest absolute Gasteiger partial charge is 0.481 e. The number of hydrogen-bond acceptors (Lipinski definition) is 4. The number of likely N-dealkylation sites (tertiary alicyclic amines) is 1. The molecule has 1 saturated heterocycles. The van der Waals surface area contributed by atoms with Crippen LogP contribution >= 0.6 is 34.5 Å². The Hall–Kier alpha value is -1.14. The minimum absolute atomic E-state index is 0.289. The molecular formula is C17H18Cl2N2O2S. The molecule has 1 aromatic heterocycles. The lowest BCUT2D eigenvalue weighted by Crippen LogP contribution is -2.43. The highest BCUT2D eigenvalue weighted by atomic mass is 35.5. The van der Waals surface area contributed by atoms with Crippen molar-refractivity contribution < 1.29 is 9.90 Å². The van der Waals surface area contributed by atoms with Gasteiger partial charge in [-0.05, 0) is 38.0 Å². The van der Waals surface area contributed by atoms with Crippen LogP contribution in [0.2, 0.25) is 10.0 Å². The molecule has 1 aliphatic rings. The van der Waals surface area contributed by atoms with Crippen LogP contribution in [0.3, 0.4) is 0 Å². The van der Waals surface area contributed by atoms with E-state index in [0.717, 1.165) is 29.1 Å². The van der Waals surface area contributed by atoms with Crippen molar-refractivity contribution in [3.8, 4) is 11.3 Å². The van der Waals surface area contributed by atoms with Crippen LogP contribution in [0.5, 0.6) is 0 Å². The minimum Gasteiger partial charge on any atom is -0.481 e. The molecule has 128 valence electrons. The van der Waals surface area contributed by atoms with E-state index >= 15 is 0 Å². The standard InChI is InChI=1S/C17H18Cl2N2O2S/c1-10-2-3-11(17(22)23)7-21(10)8-16-20-15(9-24-16)13-6-12(18)4-5-14(13)19/h4-6,9-11H,2-3,7-8H2,1H3,(H,22,23). The number of carboxylic acid groups (broad SMARTS) is 1. The molecule has 1 aromatic carbocycles. The maximum absolute atomic E-state index is 11.3. The van der Waals surface area contributed by atoms with Crippen molar-refractivity contribution in [1.29, 1.82) is 0 Å². The summed E-state index contributed by atoms with van der Waals surface area (Å²) in [6, 6.07) is 5.69. The Morgan fingerprint density at radius 1 is 1.42 bits per heavy atom. The van der Waals surface area contributed by atoms with Crippen molar-refractivity contribution in [3.05, 3.63) is 38.6 Å². The number of carbonyl (C=O) groups is 1. The zero-order valence-electron chi connectivity index (χ0n) is 13.2. The minimum atomic E-state index is -0.711. The number of piperidine rings is 1. The van der Waals surface area contributed by atoms with E-state index in [0.29, 0.717) is 29.2 Å². The Balaban J connectivity index is 1.76. The molecule has 0 bridgehead atoms. The van der Waals surface area contributed by atoms with Crippen LogP contribution < -0.4 is 0 Å². The summed E-state index contributed by atoms with van der Waals surface area (Å²) in [6.07, 6.45) is 1.64. The van der Waals surface area contributed by atoms with E-state index < -0.39 is 5.97 Å². The Bertz CT molecular complexity index is 750. The van der Waals surface area contributed by atoms with Crippen LogP contribution in [0.1, 0.15) is 24.8 Å². The molecule has 4 nitrogen and oxygen atoms in total. The Morgan fingerprint density at radius 2 is 2.21 bits per heavy atom. The van der Waals surface area contributed by atoms with Crippen LogP contribution in [0.15, 0.2) is 23.6 Å². The van der Waals surface area contributed by atoms with Gasteiger partial charge in [-0.2, -0.15) is 0 Å². The van der Waals surface area contributed by atoms with Crippen molar-refractivity contribution in [2.75, 3.05) is 6.54 Å². The fourth-order valence-corrected chi connectivity index (χ4v) is 4.18. The maximum atomic E-state index is 11.3. The summed E-state index contributed by atoms with van der Waals surface area (Å²) >= 11 is 13.8. The Morgan fingerprint density at radius 3 is 2.96 bits per heavy atom. The van der Waals surface area contributed by atoms with Crippen molar-refractivity contribution in [2.45, 2.75) is 32.4 Å². The molecule has 1 aliphatic heterocycles. The predicted octanol–water partition coefficient (Wildman–Crippen LogP) is 4.80. The van der Waals surface area contributed by atoms with Gasteiger partial charge >= 0.3 is 5.97 Å². The molecule has 0 saturated carbocycles. The van der Waals surface area contributed by atoms with E-state index in [1.807, 2.05) is 11.4 Å². The summed E-state index contributed by atoms with van der Waals surface area (Å²) in [6.45, 7) is 3.37. The molecule has 2 heterocycles. The van der Waals surface area contributed by atoms with Gasteiger partial charge in [-0.1, -0.05) is 23.2 Å². The first-order chi connectivity index (χ1) is 11.4. The average molecular weight is 385 g/mol. The first-order valence-corrected chi connectivity index (χ1v) is 9.44. The zero-order chi connectivity index (χ0) is 17.3. The second-order valence-electron chi connectivity index (χ2n) is 6.14. The zero-order valence-corrected chi connectivity index (χ0v) is 15.5. The van der Waals surface area contributed by atoms with E-state index in [4.69, 9.17) is 23.2 Å². The second kappa shape index (κ2) is 7.40. The van der Waals surface area contributed by atoms with Gasteiger partial charge in [0.2, 0.25) is 0 Å². The van der Waals surface area contributed by atoms with Gasteiger partial charge in [0.1, 0.15) is 5.01 Å². The van der Waals surface area contributed by atoms with Crippen LogP contribution in [-0.2, 0) is 11.3 Å². The predicted molar refractivity (Wildman–Crippen MR) is 97.8 cm³/mol. The SMILES string of the molecule is CC1CCC(C(=O)O)CN1Cc1nc(-c2cc(Cl)ccc2Cl)cs1. The fraction of sp³-hybridized carbons (Fsp3) is 0.412. The van der Waals surface area contributed by atoms with Crippen molar-refractivity contribution in [3.63, 3.8) is 0 Å². The Kier molecular flexibility index (Phi) is 5.45. The lowest BCUT2D eigenvalue weighted by Gasteiger charge is -2.35. The number of rotatable bonds is 4. The van der Waals surface area contributed by atoms with E-state index in [-0.39, 0.29) is 5.92 Å². The Labute approximate surface area is 155 Å². The number of hydrogen-bond donors (Lipinski definition) is 1. The summed E-state index contributed by atoms with van der Waals surface area (Å²) in [5.74, 6) is -1.000. The summed E-state index contributed by atoms with van der Waals surface area (Å²) in [5, 5.41) is 13.4. The van der Waals surface area contributed by atoms with Gasteiger partial charge in [-0.3, -0.25) is 9.69 Å². The molecule has 0 spiro atoms. The third-order valence-electron chi connectivity index (χ3n) is 4.45. The number of aromatic nitrogens is 1. The smallest absolute Gasteiger partial charge is 0.307 e. The van der Waals surface area contributed by atoms with Gasteiger partial charge in [0.05, 0.1) is 23.2 Å². The van der Waals surface area contributed by atoms with Crippen LogP contribution in [0, 0.1) is 5.92 Å². The van der Waals surface area contributed by atoms with Crippen molar-refractivity contribution >= 4 is 40.5 Å². The molecule has 0 amide bonds. The van der Waals surface area contributed by atoms with Crippen LogP contribution in [-0.4, -0.2) is 33.5 Å². The molecular weight excluding hydrogens is 367 g/mol. The third-order valence-corrected chi connectivity index (χ3v) is 5.85. The quantitative estimate of drug-likeness (QED) is 0.821. The molecule has 0 aliphatic carbocycles. The first-order valence-electron chi connectivity index (χ1n) is 7.80. The van der Waals surface area contributed by atoms with Crippen molar-refractivity contribution in [2.24, 2.45) is 5.92 Å². The molecule has 2 aromatic rings.